The number of carbonyl (C=O) groups excluding carboxylic acids is 1. The van der Waals surface area contributed by atoms with Crippen molar-refractivity contribution in [2.75, 3.05) is 6.61 Å². The molecule has 2 aromatic carbocycles. The van der Waals surface area contributed by atoms with Crippen LogP contribution in [0.5, 0.6) is 0 Å². The van der Waals surface area contributed by atoms with E-state index >= 15 is 0 Å². The Kier molecular flexibility index (Phi) is 4.85. The van der Waals surface area contributed by atoms with Gasteiger partial charge in [-0.2, -0.15) is 0 Å². The number of halogens is 2. The van der Waals surface area contributed by atoms with Crippen LogP contribution < -0.4 is 0 Å². The molecule has 0 aliphatic carbocycles. The topological polar surface area (TPSA) is 80.9 Å². The first-order chi connectivity index (χ1) is 14.0. The van der Waals surface area contributed by atoms with Crippen molar-refractivity contribution < 1.29 is 18.7 Å². The molecule has 1 N–H and O–H groups in total. The summed E-state index contributed by atoms with van der Waals surface area (Å²) < 4.78 is 30.5. The summed E-state index contributed by atoms with van der Waals surface area (Å²) in [6, 6.07) is 11.4. The molecule has 0 fully saturated rings. The van der Waals surface area contributed by atoms with Crippen LogP contribution in [0.3, 0.4) is 0 Å². The number of carbonyl (C=O) groups is 1. The first-order valence-electron chi connectivity index (χ1n) is 8.84. The number of Topliss-reactive ketones (excluding diaryl/α,β-unsaturated/α-hetero) is 1. The zero-order valence-corrected chi connectivity index (χ0v) is 15.4. The van der Waals surface area contributed by atoms with E-state index in [2.05, 4.69) is 15.2 Å². The van der Waals surface area contributed by atoms with Crippen LogP contribution in [0.4, 0.5) is 8.78 Å². The average Bonchev–Trinajstić information content (AvgIpc) is 3.09. The van der Waals surface area contributed by atoms with Crippen molar-refractivity contribution in [2.45, 2.75) is 6.42 Å². The van der Waals surface area contributed by atoms with E-state index in [4.69, 9.17) is 5.11 Å². The molecule has 2 aromatic heterocycles. The number of hydrogen-bond donors (Lipinski definition) is 1. The lowest BCUT2D eigenvalue weighted by molar-refractivity contribution is 0.0903. The Hall–Kier alpha value is -3.52. The first-order valence-corrected chi connectivity index (χ1v) is 8.84. The van der Waals surface area contributed by atoms with Crippen molar-refractivity contribution in [3.05, 3.63) is 77.2 Å². The maximum absolute atomic E-state index is 14.4. The molecule has 0 unspecified atom stereocenters. The molecule has 0 radical (unpaired) electrons. The maximum atomic E-state index is 14.4. The zero-order chi connectivity index (χ0) is 20.5. The Labute approximate surface area is 164 Å². The van der Waals surface area contributed by atoms with Gasteiger partial charge in [0.25, 0.3) is 0 Å². The minimum atomic E-state index is -0.880. The van der Waals surface area contributed by atoms with Gasteiger partial charge in [-0.15, -0.1) is 10.2 Å². The van der Waals surface area contributed by atoms with Gasteiger partial charge in [0.05, 0.1) is 0 Å². The van der Waals surface area contributed by atoms with Crippen LogP contribution in [0.25, 0.3) is 22.3 Å². The van der Waals surface area contributed by atoms with Crippen molar-refractivity contribution in [3.8, 4) is 11.5 Å². The zero-order valence-electron chi connectivity index (χ0n) is 15.4. The van der Waals surface area contributed by atoms with E-state index < -0.39 is 24.0 Å². The largest absolute Gasteiger partial charge is 0.388 e. The Morgan fingerprint density at radius 1 is 1.10 bits per heavy atom. The summed E-state index contributed by atoms with van der Waals surface area (Å²) in [5.41, 5.74) is 0.173. The van der Waals surface area contributed by atoms with Gasteiger partial charge in [0, 0.05) is 36.2 Å². The highest BCUT2D eigenvalue weighted by molar-refractivity contribution is 5.97. The van der Waals surface area contributed by atoms with Gasteiger partial charge in [0.15, 0.2) is 11.6 Å². The van der Waals surface area contributed by atoms with E-state index in [1.807, 2.05) is 30.3 Å². The van der Waals surface area contributed by atoms with Gasteiger partial charge < -0.3 is 9.67 Å². The third-order valence-corrected chi connectivity index (χ3v) is 4.79. The monoisotopic (exact) mass is 394 g/mol. The van der Waals surface area contributed by atoms with E-state index in [0.717, 1.165) is 22.9 Å². The Morgan fingerprint density at radius 3 is 2.55 bits per heavy atom. The molecule has 0 aliphatic rings. The molecule has 0 bridgehead atoms. The summed E-state index contributed by atoms with van der Waals surface area (Å²) in [6.07, 6.45) is 1.52. The van der Waals surface area contributed by atoms with E-state index in [9.17, 15) is 13.6 Å². The number of aliphatic hydroxyl groups is 1. The number of aliphatic hydroxyl groups excluding tert-OH is 1. The van der Waals surface area contributed by atoms with Crippen LogP contribution in [-0.4, -0.2) is 37.2 Å². The number of fused-ring (bicyclic) bond motifs is 1. The molecular formula is C21H16F2N4O2. The third-order valence-electron chi connectivity index (χ3n) is 4.79. The molecule has 0 spiro atoms. The van der Waals surface area contributed by atoms with Crippen molar-refractivity contribution in [2.24, 2.45) is 7.05 Å². The van der Waals surface area contributed by atoms with Gasteiger partial charge in [-0.3, -0.25) is 9.78 Å². The molecule has 0 saturated carbocycles. The van der Waals surface area contributed by atoms with Crippen LogP contribution in [-0.2, 0) is 13.5 Å². The summed E-state index contributed by atoms with van der Waals surface area (Å²) in [5.74, 6) is -1.69. The molecule has 4 rings (SSSR count). The van der Waals surface area contributed by atoms with Crippen LogP contribution in [0.2, 0.25) is 0 Å². The van der Waals surface area contributed by atoms with Crippen LogP contribution in [0.1, 0.15) is 21.7 Å². The number of aromatic nitrogens is 4. The standard InChI is InChI=1S/C21H16F2N4O2/c1-27-19(10-15-16(22)8-13(9-17(15)23)18(29)11-28)25-26-21(27)20-14-5-3-2-4-12(14)6-7-24-20/h2-9,28H,10-11H2,1H3. The van der Waals surface area contributed by atoms with Crippen molar-refractivity contribution in [1.29, 1.82) is 0 Å². The van der Waals surface area contributed by atoms with Crippen LogP contribution in [0, 0.1) is 11.6 Å². The second-order valence-corrected chi connectivity index (χ2v) is 6.56. The van der Waals surface area contributed by atoms with Crippen LogP contribution in [0.15, 0.2) is 48.7 Å². The van der Waals surface area contributed by atoms with Gasteiger partial charge in [0.1, 0.15) is 29.8 Å². The number of pyridine rings is 1. The molecule has 0 amide bonds. The van der Waals surface area contributed by atoms with Gasteiger partial charge in [0.2, 0.25) is 0 Å². The molecule has 0 aliphatic heterocycles. The van der Waals surface area contributed by atoms with Gasteiger partial charge in [-0.1, -0.05) is 24.3 Å². The van der Waals surface area contributed by atoms with E-state index in [-0.39, 0.29) is 17.5 Å². The van der Waals surface area contributed by atoms with Gasteiger partial charge >= 0.3 is 0 Å². The molecule has 8 heteroatoms. The fraction of sp³-hybridized carbons (Fsp3) is 0.143. The Bertz CT molecular complexity index is 1210. The summed E-state index contributed by atoms with van der Waals surface area (Å²) in [6.45, 7) is -0.817. The maximum Gasteiger partial charge on any atom is 0.188 e. The minimum Gasteiger partial charge on any atom is -0.388 e. The fourth-order valence-electron chi connectivity index (χ4n) is 3.20. The SMILES string of the molecule is Cn1c(Cc2c(F)cc(C(=O)CO)cc2F)nnc1-c1nccc2ccccc12. The number of rotatable bonds is 5. The molecule has 0 saturated heterocycles. The number of nitrogens with zero attached hydrogens (tertiary/aromatic N) is 4. The number of ketones is 1. The van der Waals surface area contributed by atoms with Crippen molar-refractivity contribution in [3.63, 3.8) is 0 Å². The highest BCUT2D eigenvalue weighted by Crippen LogP contribution is 2.26. The summed E-state index contributed by atoms with van der Waals surface area (Å²) in [7, 11) is 1.70. The summed E-state index contributed by atoms with van der Waals surface area (Å²) >= 11 is 0. The fourth-order valence-corrected chi connectivity index (χ4v) is 3.20. The highest BCUT2D eigenvalue weighted by Gasteiger charge is 2.20. The van der Waals surface area contributed by atoms with E-state index in [1.54, 1.807) is 17.8 Å². The highest BCUT2D eigenvalue weighted by atomic mass is 19.1. The molecule has 6 nitrogen and oxygen atoms in total. The molecule has 2 heterocycles. The van der Waals surface area contributed by atoms with Gasteiger partial charge in [-0.05, 0) is 23.6 Å². The van der Waals surface area contributed by atoms with Crippen molar-refractivity contribution in [1.82, 2.24) is 19.7 Å². The van der Waals surface area contributed by atoms with Crippen LogP contribution >= 0.6 is 0 Å². The lowest BCUT2D eigenvalue weighted by atomic mass is 10.0. The molecule has 146 valence electrons. The smallest absolute Gasteiger partial charge is 0.188 e. The number of benzene rings is 2. The number of hydrogen-bond acceptors (Lipinski definition) is 5. The molecule has 4 aromatic rings. The quantitative estimate of drug-likeness (QED) is 0.526. The van der Waals surface area contributed by atoms with Crippen molar-refractivity contribution >= 4 is 16.6 Å². The lowest BCUT2D eigenvalue weighted by Crippen LogP contribution is -2.09. The molecule has 0 atom stereocenters. The average molecular weight is 394 g/mol. The van der Waals surface area contributed by atoms with E-state index in [1.165, 1.54) is 0 Å². The van der Waals surface area contributed by atoms with E-state index in [0.29, 0.717) is 17.3 Å². The second kappa shape index (κ2) is 7.48. The molecular weight excluding hydrogens is 378 g/mol. The Morgan fingerprint density at radius 2 is 1.83 bits per heavy atom. The predicted octanol–water partition coefficient (Wildman–Crippen LogP) is 3.07. The predicted molar refractivity (Wildman–Crippen MR) is 102 cm³/mol. The minimum absolute atomic E-state index is 0.153. The lowest BCUT2D eigenvalue weighted by Gasteiger charge is -2.09. The normalized spacial score (nSPS) is 11.2. The molecule has 29 heavy (non-hydrogen) atoms. The summed E-state index contributed by atoms with van der Waals surface area (Å²) in [4.78, 5) is 15.9. The second-order valence-electron chi connectivity index (χ2n) is 6.56. The Balaban J connectivity index is 1.73. The summed E-state index contributed by atoms with van der Waals surface area (Å²) in [5, 5.41) is 19.0. The first kappa shape index (κ1) is 18.8. The third kappa shape index (κ3) is 3.38. The van der Waals surface area contributed by atoms with Gasteiger partial charge in [-0.25, -0.2) is 8.78 Å².